The maximum absolute atomic E-state index is 6.07. The van der Waals surface area contributed by atoms with Crippen LogP contribution in [0.15, 0.2) is 29.3 Å². The summed E-state index contributed by atoms with van der Waals surface area (Å²) in [6, 6.07) is 8.32. The Hall–Kier alpha value is -1.71. The Balaban J connectivity index is 2.74. The summed E-state index contributed by atoms with van der Waals surface area (Å²) >= 11 is 0. The second-order valence-corrected chi connectivity index (χ2v) is 6.96. The van der Waals surface area contributed by atoms with Crippen LogP contribution in [0, 0.1) is 5.92 Å². The van der Waals surface area contributed by atoms with Crippen LogP contribution in [0.4, 0.5) is 0 Å². The van der Waals surface area contributed by atoms with Crippen molar-refractivity contribution in [2.45, 2.75) is 47.0 Å². The zero-order valence-electron chi connectivity index (χ0n) is 15.6. The number of guanidine groups is 1. The Morgan fingerprint density at radius 1 is 1.17 bits per heavy atom. The van der Waals surface area contributed by atoms with E-state index in [0.717, 1.165) is 25.4 Å². The molecule has 0 heterocycles. The van der Waals surface area contributed by atoms with Gasteiger partial charge in [-0.25, -0.2) is 0 Å². The standard InChI is InChI=1S/C19H33N3O/c1-7-22(8-2)18(20)21-14-19(5,6)16-9-11-17(12-10-16)23-13-15(3)4/h9-12,15H,7-8,13-14H2,1-6H3,(H2,20,21). The molecule has 0 atom stereocenters. The SMILES string of the molecule is CCN(CC)C(N)=NCC(C)(C)c1ccc(OCC(C)C)cc1. The van der Waals surface area contributed by atoms with Crippen molar-refractivity contribution < 1.29 is 4.74 Å². The van der Waals surface area contributed by atoms with Crippen LogP contribution in [-0.2, 0) is 5.41 Å². The van der Waals surface area contributed by atoms with Crippen molar-refractivity contribution in [1.82, 2.24) is 4.90 Å². The van der Waals surface area contributed by atoms with Crippen LogP contribution >= 0.6 is 0 Å². The minimum atomic E-state index is -0.0612. The quantitative estimate of drug-likeness (QED) is 0.588. The van der Waals surface area contributed by atoms with E-state index in [2.05, 4.69) is 63.6 Å². The largest absolute Gasteiger partial charge is 0.493 e. The van der Waals surface area contributed by atoms with Crippen molar-refractivity contribution in [2.24, 2.45) is 16.6 Å². The van der Waals surface area contributed by atoms with E-state index in [-0.39, 0.29) is 5.41 Å². The molecule has 0 radical (unpaired) electrons. The molecule has 0 aliphatic carbocycles. The predicted octanol–water partition coefficient (Wildman–Crippen LogP) is 3.66. The summed E-state index contributed by atoms with van der Waals surface area (Å²) < 4.78 is 5.74. The van der Waals surface area contributed by atoms with Gasteiger partial charge in [0.2, 0.25) is 0 Å². The molecule has 0 unspecified atom stereocenters. The van der Waals surface area contributed by atoms with E-state index in [1.165, 1.54) is 5.56 Å². The molecule has 0 aliphatic rings. The summed E-state index contributed by atoms with van der Waals surface area (Å²) in [5, 5.41) is 0. The van der Waals surface area contributed by atoms with E-state index in [0.29, 0.717) is 18.4 Å². The molecule has 130 valence electrons. The molecule has 0 saturated carbocycles. The van der Waals surface area contributed by atoms with Gasteiger partial charge in [-0.3, -0.25) is 4.99 Å². The van der Waals surface area contributed by atoms with Gasteiger partial charge in [0.25, 0.3) is 0 Å². The number of aliphatic imine (C=N–C) groups is 1. The second kappa shape index (κ2) is 8.80. The average Bonchev–Trinajstić information content (AvgIpc) is 2.52. The van der Waals surface area contributed by atoms with E-state index < -0.39 is 0 Å². The zero-order chi connectivity index (χ0) is 17.5. The van der Waals surface area contributed by atoms with Gasteiger partial charge in [-0.05, 0) is 37.5 Å². The van der Waals surface area contributed by atoms with Crippen LogP contribution < -0.4 is 10.5 Å². The minimum absolute atomic E-state index is 0.0612. The smallest absolute Gasteiger partial charge is 0.191 e. The fourth-order valence-electron chi connectivity index (χ4n) is 2.28. The van der Waals surface area contributed by atoms with Crippen LogP contribution in [0.1, 0.15) is 47.1 Å². The van der Waals surface area contributed by atoms with E-state index >= 15 is 0 Å². The lowest BCUT2D eigenvalue weighted by molar-refractivity contribution is 0.271. The molecule has 23 heavy (non-hydrogen) atoms. The van der Waals surface area contributed by atoms with Crippen molar-refractivity contribution >= 4 is 5.96 Å². The van der Waals surface area contributed by atoms with E-state index in [1.807, 2.05) is 12.1 Å². The lowest BCUT2D eigenvalue weighted by Gasteiger charge is -2.25. The van der Waals surface area contributed by atoms with Gasteiger partial charge >= 0.3 is 0 Å². The van der Waals surface area contributed by atoms with E-state index in [1.54, 1.807) is 0 Å². The number of benzene rings is 1. The summed E-state index contributed by atoms with van der Waals surface area (Å²) in [6.07, 6.45) is 0. The number of nitrogens with zero attached hydrogens (tertiary/aromatic N) is 2. The summed E-state index contributed by atoms with van der Waals surface area (Å²) in [5.74, 6) is 2.08. The highest BCUT2D eigenvalue weighted by Gasteiger charge is 2.20. The van der Waals surface area contributed by atoms with Crippen molar-refractivity contribution in [3.05, 3.63) is 29.8 Å². The fourth-order valence-corrected chi connectivity index (χ4v) is 2.28. The molecule has 0 bridgehead atoms. The highest BCUT2D eigenvalue weighted by Crippen LogP contribution is 2.26. The predicted molar refractivity (Wildman–Crippen MR) is 99.2 cm³/mol. The first-order valence-electron chi connectivity index (χ1n) is 8.58. The monoisotopic (exact) mass is 319 g/mol. The number of rotatable bonds is 8. The molecule has 4 heteroatoms. The maximum atomic E-state index is 6.07. The Kier molecular flexibility index (Phi) is 7.40. The first kappa shape index (κ1) is 19.3. The third-order valence-electron chi connectivity index (χ3n) is 3.94. The minimum Gasteiger partial charge on any atom is -0.493 e. The number of ether oxygens (including phenoxy) is 1. The van der Waals surface area contributed by atoms with Gasteiger partial charge in [0.1, 0.15) is 5.75 Å². The Morgan fingerprint density at radius 2 is 1.74 bits per heavy atom. The third kappa shape index (κ3) is 6.12. The average molecular weight is 319 g/mol. The topological polar surface area (TPSA) is 50.8 Å². The first-order chi connectivity index (χ1) is 10.8. The van der Waals surface area contributed by atoms with Crippen LogP contribution in [0.3, 0.4) is 0 Å². The zero-order valence-corrected chi connectivity index (χ0v) is 15.6. The number of hydrogen-bond donors (Lipinski definition) is 1. The Labute approximate surface area is 141 Å². The molecule has 0 amide bonds. The summed E-state index contributed by atoms with van der Waals surface area (Å²) in [7, 11) is 0. The fraction of sp³-hybridized carbons (Fsp3) is 0.632. The molecule has 2 N–H and O–H groups in total. The Morgan fingerprint density at radius 3 is 2.22 bits per heavy atom. The first-order valence-corrected chi connectivity index (χ1v) is 8.58. The van der Waals surface area contributed by atoms with Crippen LogP contribution in [0.5, 0.6) is 5.75 Å². The molecule has 0 aliphatic heterocycles. The summed E-state index contributed by atoms with van der Waals surface area (Å²) in [4.78, 5) is 6.65. The molecule has 0 spiro atoms. The summed E-state index contributed by atoms with van der Waals surface area (Å²) in [6.45, 7) is 16.0. The molecule has 1 aromatic carbocycles. The maximum Gasteiger partial charge on any atom is 0.191 e. The van der Waals surface area contributed by atoms with Crippen molar-refractivity contribution in [3.8, 4) is 5.75 Å². The highest BCUT2D eigenvalue weighted by molar-refractivity contribution is 5.78. The second-order valence-electron chi connectivity index (χ2n) is 6.96. The number of hydrogen-bond acceptors (Lipinski definition) is 2. The Bertz CT molecular complexity index is 488. The highest BCUT2D eigenvalue weighted by atomic mass is 16.5. The van der Waals surface area contributed by atoms with Gasteiger partial charge in [-0.2, -0.15) is 0 Å². The van der Waals surface area contributed by atoms with E-state index in [4.69, 9.17) is 10.5 Å². The van der Waals surface area contributed by atoms with E-state index in [9.17, 15) is 0 Å². The summed E-state index contributed by atoms with van der Waals surface area (Å²) in [5.41, 5.74) is 7.25. The van der Waals surface area contributed by atoms with Gasteiger partial charge in [0.15, 0.2) is 5.96 Å². The van der Waals surface area contributed by atoms with Gasteiger partial charge in [0.05, 0.1) is 13.2 Å². The van der Waals surface area contributed by atoms with Gasteiger partial charge in [0, 0.05) is 18.5 Å². The third-order valence-corrected chi connectivity index (χ3v) is 3.94. The molecular formula is C19H33N3O. The molecule has 0 saturated heterocycles. The van der Waals surface area contributed by atoms with Crippen LogP contribution in [0.2, 0.25) is 0 Å². The van der Waals surface area contributed by atoms with Gasteiger partial charge in [-0.1, -0.05) is 39.8 Å². The van der Waals surface area contributed by atoms with Crippen molar-refractivity contribution in [2.75, 3.05) is 26.2 Å². The van der Waals surface area contributed by atoms with Crippen LogP contribution in [-0.4, -0.2) is 37.1 Å². The molecule has 1 rings (SSSR count). The molecule has 4 nitrogen and oxygen atoms in total. The van der Waals surface area contributed by atoms with Gasteiger partial charge < -0.3 is 15.4 Å². The lowest BCUT2D eigenvalue weighted by Crippen LogP contribution is -2.38. The number of nitrogens with two attached hydrogens (primary N) is 1. The molecule has 0 fully saturated rings. The van der Waals surface area contributed by atoms with Crippen molar-refractivity contribution in [1.29, 1.82) is 0 Å². The molecule has 1 aromatic rings. The molecule has 0 aromatic heterocycles. The van der Waals surface area contributed by atoms with Crippen LogP contribution in [0.25, 0.3) is 0 Å². The lowest BCUT2D eigenvalue weighted by atomic mass is 9.85. The van der Waals surface area contributed by atoms with Crippen molar-refractivity contribution in [3.63, 3.8) is 0 Å². The normalized spacial score (nSPS) is 12.6. The van der Waals surface area contributed by atoms with Gasteiger partial charge in [-0.15, -0.1) is 0 Å². The molecular weight excluding hydrogens is 286 g/mol.